The molecule has 5 heteroatoms. The molecule has 2 N–H and O–H groups in total. The molecule has 1 aliphatic rings. The summed E-state index contributed by atoms with van der Waals surface area (Å²) in [4.78, 5) is 13.0. The Labute approximate surface area is 126 Å². The van der Waals surface area contributed by atoms with E-state index in [0.717, 1.165) is 18.5 Å². The summed E-state index contributed by atoms with van der Waals surface area (Å²) in [7, 11) is 0. The summed E-state index contributed by atoms with van der Waals surface area (Å²) in [5.41, 5.74) is 7.30. The standard InChI is InChI=1S/C16H25N3O2/c1-12(2)18-10-4-3-5-14(11-17)16(18)13-6-8-15(9-7-13)19(20)21/h6-9,12,14,16H,3-5,10-11,17H2,1-2H3. The molecule has 0 radical (unpaired) electrons. The van der Waals surface area contributed by atoms with Crippen LogP contribution in [-0.2, 0) is 0 Å². The lowest BCUT2D eigenvalue weighted by molar-refractivity contribution is -0.384. The number of benzene rings is 1. The van der Waals surface area contributed by atoms with Gasteiger partial charge < -0.3 is 5.73 Å². The van der Waals surface area contributed by atoms with Gasteiger partial charge in [0.2, 0.25) is 0 Å². The Bertz CT molecular complexity index is 473. The van der Waals surface area contributed by atoms with Crippen LogP contribution in [0.25, 0.3) is 0 Å². The molecular weight excluding hydrogens is 266 g/mol. The highest BCUT2D eigenvalue weighted by molar-refractivity contribution is 5.34. The second-order valence-electron chi connectivity index (χ2n) is 6.12. The van der Waals surface area contributed by atoms with Gasteiger partial charge in [-0.05, 0) is 51.3 Å². The first-order valence-corrected chi connectivity index (χ1v) is 7.74. The number of nitro groups is 1. The Morgan fingerprint density at radius 2 is 2.00 bits per heavy atom. The van der Waals surface area contributed by atoms with Crippen molar-refractivity contribution in [2.24, 2.45) is 11.7 Å². The fraction of sp³-hybridized carbons (Fsp3) is 0.625. The first kappa shape index (κ1) is 15.9. The first-order valence-electron chi connectivity index (χ1n) is 7.74. The van der Waals surface area contributed by atoms with Crippen molar-refractivity contribution in [2.75, 3.05) is 13.1 Å². The Morgan fingerprint density at radius 1 is 1.33 bits per heavy atom. The highest BCUT2D eigenvalue weighted by atomic mass is 16.6. The van der Waals surface area contributed by atoms with Gasteiger partial charge in [0.25, 0.3) is 5.69 Å². The van der Waals surface area contributed by atoms with E-state index in [0.29, 0.717) is 18.5 Å². The van der Waals surface area contributed by atoms with E-state index in [-0.39, 0.29) is 16.7 Å². The third-order valence-corrected chi connectivity index (χ3v) is 4.46. The Hall–Kier alpha value is -1.46. The fourth-order valence-electron chi connectivity index (χ4n) is 3.35. The van der Waals surface area contributed by atoms with Crippen molar-refractivity contribution >= 4 is 5.69 Å². The molecule has 0 bridgehead atoms. The second kappa shape index (κ2) is 7.00. The average molecular weight is 291 g/mol. The van der Waals surface area contributed by atoms with Gasteiger partial charge in [0.15, 0.2) is 0 Å². The number of non-ortho nitro benzene ring substituents is 1. The SMILES string of the molecule is CC(C)N1CCCCC(CN)C1c1ccc([N+](=O)[O-])cc1. The number of nitrogens with zero attached hydrogens (tertiary/aromatic N) is 2. The molecule has 116 valence electrons. The highest BCUT2D eigenvalue weighted by Gasteiger charge is 2.31. The van der Waals surface area contributed by atoms with Crippen molar-refractivity contribution in [3.63, 3.8) is 0 Å². The van der Waals surface area contributed by atoms with Gasteiger partial charge in [0.1, 0.15) is 0 Å². The van der Waals surface area contributed by atoms with Crippen LogP contribution in [0.3, 0.4) is 0 Å². The third kappa shape index (κ3) is 3.60. The maximum Gasteiger partial charge on any atom is 0.269 e. The molecule has 0 aliphatic carbocycles. The average Bonchev–Trinajstić information content (AvgIpc) is 2.69. The van der Waals surface area contributed by atoms with Gasteiger partial charge in [-0.25, -0.2) is 0 Å². The predicted molar refractivity (Wildman–Crippen MR) is 84.1 cm³/mol. The molecule has 0 saturated carbocycles. The minimum Gasteiger partial charge on any atom is -0.330 e. The van der Waals surface area contributed by atoms with Crippen LogP contribution in [0.1, 0.15) is 44.7 Å². The van der Waals surface area contributed by atoms with E-state index in [4.69, 9.17) is 5.73 Å². The summed E-state index contributed by atoms with van der Waals surface area (Å²) in [6, 6.07) is 7.70. The van der Waals surface area contributed by atoms with E-state index in [1.165, 1.54) is 12.8 Å². The zero-order chi connectivity index (χ0) is 15.4. The Kier molecular flexibility index (Phi) is 5.31. The lowest BCUT2D eigenvalue weighted by Gasteiger charge is -2.37. The number of likely N-dealkylation sites (tertiary alicyclic amines) is 1. The van der Waals surface area contributed by atoms with E-state index >= 15 is 0 Å². The van der Waals surface area contributed by atoms with Gasteiger partial charge in [-0.15, -0.1) is 0 Å². The summed E-state index contributed by atoms with van der Waals surface area (Å²) < 4.78 is 0. The van der Waals surface area contributed by atoms with Gasteiger partial charge in [-0.2, -0.15) is 0 Å². The maximum absolute atomic E-state index is 10.8. The Balaban J connectivity index is 2.34. The second-order valence-corrected chi connectivity index (χ2v) is 6.12. The molecule has 0 aromatic heterocycles. The lowest BCUT2D eigenvalue weighted by atomic mass is 9.88. The van der Waals surface area contributed by atoms with Gasteiger partial charge in [-0.1, -0.05) is 18.6 Å². The van der Waals surface area contributed by atoms with Crippen LogP contribution in [-0.4, -0.2) is 29.0 Å². The highest BCUT2D eigenvalue weighted by Crippen LogP contribution is 2.36. The first-order chi connectivity index (χ1) is 10.0. The predicted octanol–water partition coefficient (Wildman–Crippen LogP) is 3.11. The number of hydrogen-bond donors (Lipinski definition) is 1. The molecule has 1 aliphatic heterocycles. The largest absolute Gasteiger partial charge is 0.330 e. The molecule has 2 rings (SSSR count). The van der Waals surface area contributed by atoms with Crippen LogP contribution >= 0.6 is 0 Å². The normalized spacial score (nSPS) is 24.0. The van der Waals surface area contributed by atoms with Gasteiger partial charge in [-0.3, -0.25) is 15.0 Å². The van der Waals surface area contributed by atoms with Crippen LogP contribution in [0.5, 0.6) is 0 Å². The number of nitro benzene ring substituents is 1. The molecule has 1 saturated heterocycles. The van der Waals surface area contributed by atoms with Crippen LogP contribution in [0.4, 0.5) is 5.69 Å². The van der Waals surface area contributed by atoms with Gasteiger partial charge in [0.05, 0.1) is 4.92 Å². The molecule has 0 amide bonds. The molecule has 1 aromatic rings. The molecule has 0 spiro atoms. The van der Waals surface area contributed by atoms with E-state index in [2.05, 4.69) is 18.7 Å². The molecule has 1 fully saturated rings. The molecule has 5 nitrogen and oxygen atoms in total. The van der Waals surface area contributed by atoms with Crippen molar-refractivity contribution in [1.82, 2.24) is 4.90 Å². The van der Waals surface area contributed by atoms with Gasteiger partial charge >= 0.3 is 0 Å². The quantitative estimate of drug-likeness (QED) is 0.683. The molecular formula is C16H25N3O2. The molecule has 1 heterocycles. The van der Waals surface area contributed by atoms with E-state index in [9.17, 15) is 10.1 Å². The molecule has 1 aromatic carbocycles. The monoisotopic (exact) mass is 291 g/mol. The zero-order valence-corrected chi connectivity index (χ0v) is 12.9. The van der Waals surface area contributed by atoms with E-state index in [1.54, 1.807) is 12.1 Å². The summed E-state index contributed by atoms with van der Waals surface area (Å²) in [6.07, 6.45) is 3.52. The van der Waals surface area contributed by atoms with Crippen LogP contribution in [0, 0.1) is 16.0 Å². The van der Waals surface area contributed by atoms with Crippen molar-refractivity contribution < 1.29 is 4.92 Å². The number of rotatable bonds is 4. The van der Waals surface area contributed by atoms with Crippen molar-refractivity contribution in [1.29, 1.82) is 0 Å². The van der Waals surface area contributed by atoms with Crippen LogP contribution in [0.2, 0.25) is 0 Å². The van der Waals surface area contributed by atoms with Crippen LogP contribution < -0.4 is 5.73 Å². The summed E-state index contributed by atoms with van der Waals surface area (Å²) >= 11 is 0. The summed E-state index contributed by atoms with van der Waals surface area (Å²) in [6.45, 7) is 6.13. The minimum absolute atomic E-state index is 0.146. The topological polar surface area (TPSA) is 72.4 Å². The minimum atomic E-state index is -0.350. The zero-order valence-electron chi connectivity index (χ0n) is 12.9. The fourth-order valence-corrected chi connectivity index (χ4v) is 3.35. The molecule has 2 atom stereocenters. The van der Waals surface area contributed by atoms with Crippen molar-refractivity contribution in [3.05, 3.63) is 39.9 Å². The third-order valence-electron chi connectivity index (χ3n) is 4.46. The van der Waals surface area contributed by atoms with Crippen molar-refractivity contribution in [3.8, 4) is 0 Å². The van der Waals surface area contributed by atoms with E-state index < -0.39 is 0 Å². The van der Waals surface area contributed by atoms with Crippen LogP contribution in [0.15, 0.2) is 24.3 Å². The maximum atomic E-state index is 10.8. The number of nitrogens with two attached hydrogens (primary N) is 1. The number of hydrogen-bond acceptors (Lipinski definition) is 4. The summed E-state index contributed by atoms with van der Waals surface area (Å²) in [5, 5.41) is 10.8. The lowest BCUT2D eigenvalue weighted by Crippen LogP contribution is -2.39. The van der Waals surface area contributed by atoms with Crippen molar-refractivity contribution in [2.45, 2.75) is 45.2 Å². The smallest absolute Gasteiger partial charge is 0.269 e. The summed E-state index contributed by atoms with van der Waals surface area (Å²) in [5.74, 6) is 0.413. The molecule has 2 unspecified atom stereocenters. The Morgan fingerprint density at radius 3 is 2.52 bits per heavy atom. The molecule has 21 heavy (non-hydrogen) atoms. The van der Waals surface area contributed by atoms with Gasteiger partial charge in [0, 0.05) is 24.2 Å². The van der Waals surface area contributed by atoms with E-state index in [1.807, 2.05) is 12.1 Å².